The van der Waals surface area contributed by atoms with E-state index in [1.54, 1.807) is 13.2 Å². The van der Waals surface area contributed by atoms with Gasteiger partial charge in [0.05, 0.1) is 22.3 Å². The van der Waals surface area contributed by atoms with Gasteiger partial charge in [0, 0.05) is 12.5 Å². The summed E-state index contributed by atoms with van der Waals surface area (Å²) >= 11 is 7.65. The van der Waals surface area contributed by atoms with Gasteiger partial charge in [0.2, 0.25) is 5.91 Å². The number of fused-ring (bicyclic) bond motifs is 1. The van der Waals surface area contributed by atoms with Crippen LogP contribution in [0.15, 0.2) is 12.1 Å². The second-order valence-corrected chi connectivity index (χ2v) is 10.1. The van der Waals surface area contributed by atoms with E-state index >= 15 is 0 Å². The van der Waals surface area contributed by atoms with Crippen LogP contribution in [0.5, 0.6) is 5.75 Å². The van der Waals surface area contributed by atoms with Crippen molar-refractivity contribution in [1.29, 1.82) is 0 Å². The molecule has 4 aliphatic rings. The fourth-order valence-corrected chi connectivity index (χ4v) is 7.28. The molecule has 4 fully saturated rings. The van der Waals surface area contributed by atoms with E-state index in [4.69, 9.17) is 16.3 Å². The Hall–Kier alpha value is -1.33. The van der Waals surface area contributed by atoms with Crippen molar-refractivity contribution in [2.45, 2.75) is 44.9 Å². The minimum Gasteiger partial charge on any atom is -0.495 e. The summed E-state index contributed by atoms with van der Waals surface area (Å²) in [5, 5.41) is 4.24. The molecule has 0 aliphatic heterocycles. The Kier molecular flexibility index (Phi) is 3.94. The van der Waals surface area contributed by atoms with Gasteiger partial charge in [-0.1, -0.05) is 22.9 Å². The van der Waals surface area contributed by atoms with Crippen molar-refractivity contribution >= 4 is 44.2 Å². The quantitative estimate of drug-likeness (QED) is 0.749. The van der Waals surface area contributed by atoms with Gasteiger partial charge in [-0.05, 0) is 67.8 Å². The lowest BCUT2D eigenvalue weighted by molar-refractivity contribution is -0.124. The Morgan fingerprint density at radius 2 is 1.92 bits per heavy atom. The third kappa shape index (κ3) is 2.89. The van der Waals surface area contributed by atoms with Gasteiger partial charge in [-0.3, -0.25) is 4.79 Å². The van der Waals surface area contributed by atoms with Crippen LogP contribution in [0.1, 0.15) is 44.9 Å². The summed E-state index contributed by atoms with van der Waals surface area (Å²) in [7, 11) is 1.60. The molecule has 138 valence electrons. The molecular weight excluding hydrogens is 368 g/mol. The molecule has 4 aliphatic carbocycles. The number of carbonyl (C=O) groups excluding carboxylic acids is 1. The highest BCUT2D eigenvalue weighted by Crippen LogP contribution is 2.61. The zero-order chi connectivity index (χ0) is 17.9. The predicted octanol–water partition coefficient (Wildman–Crippen LogP) is 5.50. The lowest BCUT2D eigenvalue weighted by Gasteiger charge is -2.56. The van der Waals surface area contributed by atoms with Crippen LogP contribution in [0.3, 0.4) is 0 Å². The number of nitrogens with one attached hydrogen (secondary N) is 1. The first-order valence-electron chi connectivity index (χ1n) is 9.46. The molecule has 4 saturated carbocycles. The van der Waals surface area contributed by atoms with Crippen LogP contribution >= 0.6 is 22.9 Å². The van der Waals surface area contributed by atoms with Crippen LogP contribution in [0.25, 0.3) is 10.2 Å². The summed E-state index contributed by atoms with van der Waals surface area (Å²) in [4.78, 5) is 17.3. The molecule has 4 bridgehead atoms. The summed E-state index contributed by atoms with van der Waals surface area (Å²) in [6.45, 7) is 0. The van der Waals surface area contributed by atoms with E-state index < -0.39 is 0 Å². The highest BCUT2D eigenvalue weighted by atomic mass is 35.5. The van der Waals surface area contributed by atoms with Crippen molar-refractivity contribution in [2.75, 3.05) is 12.4 Å². The van der Waals surface area contributed by atoms with Gasteiger partial charge in [-0.2, -0.15) is 0 Å². The molecule has 2 aromatic rings. The number of benzene rings is 1. The van der Waals surface area contributed by atoms with Gasteiger partial charge in [-0.15, -0.1) is 0 Å². The van der Waals surface area contributed by atoms with Gasteiger partial charge in [0.15, 0.2) is 5.13 Å². The highest BCUT2D eigenvalue weighted by Gasteiger charge is 2.51. The molecule has 0 unspecified atom stereocenters. The third-order valence-electron chi connectivity index (χ3n) is 6.61. The molecular formula is C20H23ClN2O2S. The maximum Gasteiger partial charge on any atom is 0.226 e. The topological polar surface area (TPSA) is 51.2 Å². The number of anilines is 1. The zero-order valence-electron chi connectivity index (χ0n) is 14.9. The third-order valence-corrected chi connectivity index (χ3v) is 7.84. The summed E-state index contributed by atoms with van der Waals surface area (Å²) < 4.78 is 6.23. The van der Waals surface area contributed by atoms with E-state index in [1.807, 2.05) is 6.07 Å². The Bertz CT molecular complexity index is 843. The van der Waals surface area contributed by atoms with Crippen molar-refractivity contribution in [2.24, 2.45) is 23.2 Å². The summed E-state index contributed by atoms with van der Waals surface area (Å²) in [6, 6.07) is 3.67. The van der Waals surface area contributed by atoms with E-state index in [0.717, 1.165) is 28.0 Å². The van der Waals surface area contributed by atoms with E-state index in [1.165, 1.54) is 49.9 Å². The Morgan fingerprint density at radius 1 is 1.27 bits per heavy atom. The van der Waals surface area contributed by atoms with E-state index in [-0.39, 0.29) is 11.3 Å². The van der Waals surface area contributed by atoms with E-state index in [0.29, 0.717) is 22.3 Å². The van der Waals surface area contributed by atoms with Crippen LogP contribution < -0.4 is 10.1 Å². The fourth-order valence-electron chi connectivity index (χ4n) is 6.15. The number of rotatable bonds is 4. The number of nitrogens with zero attached hydrogens (tertiary/aromatic N) is 1. The molecule has 0 saturated heterocycles. The number of aromatic nitrogens is 1. The molecule has 1 N–H and O–H groups in total. The van der Waals surface area contributed by atoms with Gasteiger partial charge in [0.1, 0.15) is 5.75 Å². The van der Waals surface area contributed by atoms with Crippen molar-refractivity contribution in [3.05, 3.63) is 17.2 Å². The molecule has 1 aromatic heterocycles. The van der Waals surface area contributed by atoms with E-state index in [2.05, 4.69) is 10.3 Å². The normalized spacial score (nSPS) is 32.2. The largest absolute Gasteiger partial charge is 0.495 e. The van der Waals surface area contributed by atoms with Crippen molar-refractivity contribution in [3.63, 3.8) is 0 Å². The van der Waals surface area contributed by atoms with Gasteiger partial charge < -0.3 is 10.1 Å². The molecule has 1 aromatic carbocycles. The Morgan fingerprint density at radius 3 is 2.54 bits per heavy atom. The van der Waals surface area contributed by atoms with Crippen LogP contribution in [-0.2, 0) is 4.79 Å². The maximum absolute atomic E-state index is 12.8. The number of hydrogen-bond donors (Lipinski definition) is 1. The number of halogens is 1. The van der Waals surface area contributed by atoms with Crippen LogP contribution in [0.2, 0.25) is 5.02 Å². The molecule has 0 radical (unpaired) electrons. The molecule has 1 amide bonds. The summed E-state index contributed by atoms with van der Waals surface area (Å²) in [5.41, 5.74) is 1.05. The minimum absolute atomic E-state index is 0.115. The SMILES string of the molecule is COc1cc2sc(NC(=O)CC34CC5CC(CC(C5)C3)C4)nc2cc1Cl. The lowest BCUT2D eigenvalue weighted by Crippen LogP contribution is -2.47. The average Bonchev–Trinajstić information content (AvgIpc) is 2.92. The number of thiazole rings is 1. The second-order valence-electron chi connectivity index (χ2n) is 8.62. The van der Waals surface area contributed by atoms with E-state index in [9.17, 15) is 4.79 Å². The van der Waals surface area contributed by atoms with Gasteiger partial charge in [-0.25, -0.2) is 4.98 Å². The molecule has 0 spiro atoms. The fraction of sp³-hybridized carbons (Fsp3) is 0.600. The Labute approximate surface area is 162 Å². The molecule has 1 heterocycles. The summed E-state index contributed by atoms with van der Waals surface area (Å²) in [5.74, 6) is 3.35. The lowest BCUT2D eigenvalue weighted by atomic mass is 9.49. The summed E-state index contributed by atoms with van der Waals surface area (Å²) in [6.07, 6.45) is 8.61. The smallest absolute Gasteiger partial charge is 0.226 e. The number of amides is 1. The standard InChI is InChI=1S/C20H23ClN2O2S/c1-25-16-6-17-15(5-14(16)21)22-19(26-17)23-18(24)10-20-7-11-2-12(8-20)4-13(3-11)9-20/h5-6,11-13H,2-4,7-10H2,1H3,(H,22,23,24). The van der Waals surface area contributed by atoms with Crippen LogP contribution in [-0.4, -0.2) is 18.0 Å². The first kappa shape index (κ1) is 16.8. The molecule has 6 rings (SSSR count). The minimum atomic E-state index is 0.115. The molecule has 26 heavy (non-hydrogen) atoms. The zero-order valence-corrected chi connectivity index (χ0v) is 16.5. The average molecular weight is 391 g/mol. The van der Waals surface area contributed by atoms with Crippen LogP contribution in [0, 0.1) is 23.2 Å². The van der Waals surface area contributed by atoms with Crippen LogP contribution in [0.4, 0.5) is 5.13 Å². The number of ether oxygens (including phenoxy) is 1. The number of hydrogen-bond acceptors (Lipinski definition) is 4. The van der Waals surface area contributed by atoms with Crippen molar-refractivity contribution < 1.29 is 9.53 Å². The van der Waals surface area contributed by atoms with Crippen molar-refractivity contribution in [1.82, 2.24) is 4.98 Å². The predicted molar refractivity (Wildman–Crippen MR) is 105 cm³/mol. The Balaban J connectivity index is 1.32. The number of methoxy groups -OCH3 is 1. The maximum atomic E-state index is 12.8. The van der Waals surface area contributed by atoms with Gasteiger partial charge in [0.25, 0.3) is 0 Å². The first-order chi connectivity index (χ1) is 12.5. The van der Waals surface area contributed by atoms with Gasteiger partial charge >= 0.3 is 0 Å². The highest BCUT2D eigenvalue weighted by molar-refractivity contribution is 7.22. The first-order valence-corrected chi connectivity index (χ1v) is 10.7. The molecule has 6 heteroatoms. The van der Waals surface area contributed by atoms with Crippen molar-refractivity contribution in [3.8, 4) is 5.75 Å². The molecule has 4 nitrogen and oxygen atoms in total. The second kappa shape index (κ2) is 6.10. The molecule has 0 atom stereocenters. The number of carbonyl (C=O) groups is 1. The monoisotopic (exact) mass is 390 g/mol.